The molecule has 1 aromatic carbocycles. The Balaban J connectivity index is 1.83. The number of rotatable bonds is 5. The van der Waals surface area contributed by atoms with E-state index in [0.29, 0.717) is 12.6 Å². The first-order valence-electron chi connectivity index (χ1n) is 10.1. The number of fused-ring (bicyclic) bond motifs is 1. The fraction of sp³-hybridized carbons (Fsp3) is 0.208. The van der Waals surface area contributed by atoms with Crippen LogP contribution in [0.15, 0.2) is 66.4 Å². The third-order valence-electron chi connectivity index (χ3n) is 4.99. The molecule has 6 nitrogen and oxygen atoms in total. The van der Waals surface area contributed by atoms with Crippen molar-refractivity contribution in [3.8, 4) is 11.3 Å². The number of benzene rings is 1. The number of carbonyl (C=O) groups excluding carboxylic acids is 1. The lowest BCUT2D eigenvalue weighted by Crippen LogP contribution is -2.14. The first-order chi connectivity index (χ1) is 14.7. The van der Waals surface area contributed by atoms with E-state index >= 15 is 0 Å². The molecule has 0 bridgehead atoms. The van der Waals surface area contributed by atoms with Crippen molar-refractivity contribution >= 4 is 28.6 Å². The number of ether oxygens (including phenoxy) is 1. The highest BCUT2D eigenvalue weighted by Gasteiger charge is 2.15. The van der Waals surface area contributed by atoms with Crippen molar-refractivity contribution in [3.05, 3.63) is 72.0 Å². The Kier molecular flexibility index (Phi) is 5.75. The summed E-state index contributed by atoms with van der Waals surface area (Å²) in [6.45, 7) is 4.23. The number of amides is 1. The van der Waals surface area contributed by atoms with E-state index in [9.17, 15) is 4.79 Å². The summed E-state index contributed by atoms with van der Waals surface area (Å²) in [5.41, 5.74) is 6.85. The smallest absolute Gasteiger partial charge is 0.413 e. The Labute approximate surface area is 175 Å². The second-order valence-electron chi connectivity index (χ2n) is 6.97. The number of aromatic nitrogens is 3. The van der Waals surface area contributed by atoms with Gasteiger partial charge in [0.1, 0.15) is 0 Å². The third kappa shape index (κ3) is 4.17. The topological polar surface area (TPSA) is 79.9 Å². The highest BCUT2D eigenvalue weighted by atomic mass is 16.5. The van der Waals surface area contributed by atoms with Crippen LogP contribution < -0.4 is 5.32 Å². The summed E-state index contributed by atoms with van der Waals surface area (Å²) >= 11 is 0. The molecule has 2 N–H and O–H groups in total. The second-order valence-corrected chi connectivity index (χ2v) is 6.97. The molecule has 1 aliphatic rings. The Morgan fingerprint density at radius 2 is 2.13 bits per heavy atom. The first kappa shape index (κ1) is 19.6. The SMILES string of the molecule is CCOC(=O)Nc1nc2c(-c3ccccn3)cc(C3=CC=C(CC)CC=C3)cc2[nH]1. The van der Waals surface area contributed by atoms with Gasteiger partial charge in [-0.1, -0.05) is 42.9 Å². The number of carbonyl (C=O) groups is 1. The predicted molar refractivity (Wildman–Crippen MR) is 120 cm³/mol. The number of nitrogens with one attached hydrogen (secondary N) is 2. The van der Waals surface area contributed by atoms with Crippen LogP contribution in [0.5, 0.6) is 0 Å². The monoisotopic (exact) mass is 400 g/mol. The molecule has 0 radical (unpaired) electrons. The molecule has 0 aliphatic heterocycles. The van der Waals surface area contributed by atoms with Crippen molar-refractivity contribution in [1.82, 2.24) is 15.0 Å². The molecule has 0 spiro atoms. The molecule has 1 aliphatic carbocycles. The minimum atomic E-state index is -0.539. The molecule has 0 saturated heterocycles. The number of allylic oxidation sites excluding steroid dienone is 6. The summed E-state index contributed by atoms with van der Waals surface area (Å²) in [4.78, 5) is 24.1. The maximum Gasteiger partial charge on any atom is 0.413 e. The molecule has 0 atom stereocenters. The van der Waals surface area contributed by atoms with Crippen LogP contribution in [0.25, 0.3) is 27.9 Å². The largest absolute Gasteiger partial charge is 0.450 e. The fourth-order valence-electron chi connectivity index (χ4n) is 3.45. The maximum absolute atomic E-state index is 11.8. The van der Waals surface area contributed by atoms with E-state index < -0.39 is 6.09 Å². The molecule has 2 heterocycles. The number of nitrogens with zero attached hydrogens (tertiary/aromatic N) is 2. The minimum Gasteiger partial charge on any atom is -0.450 e. The lowest BCUT2D eigenvalue weighted by molar-refractivity contribution is 0.167. The zero-order valence-electron chi connectivity index (χ0n) is 17.1. The van der Waals surface area contributed by atoms with Gasteiger partial charge in [0, 0.05) is 11.8 Å². The molecular weight excluding hydrogens is 376 g/mol. The van der Waals surface area contributed by atoms with Crippen LogP contribution in [0.3, 0.4) is 0 Å². The van der Waals surface area contributed by atoms with Gasteiger partial charge in [-0.25, -0.2) is 9.78 Å². The number of anilines is 1. The normalized spacial score (nSPS) is 13.5. The summed E-state index contributed by atoms with van der Waals surface area (Å²) in [6, 6.07) is 9.94. The molecule has 0 saturated carbocycles. The number of hydrogen-bond acceptors (Lipinski definition) is 4. The standard InChI is InChI=1S/C24H24N4O2/c1-3-16-8-7-9-17(12-11-16)18-14-19(20-10-5-6-13-25-20)22-21(15-18)26-23(27-22)28-24(29)30-4-2/h5-7,9-15H,3-4,8H2,1-2H3,(H2,26,27,28,29). The molecule has 2 aromatic heterocycles. The molecular formula is C24H24N4O2. The van der Waals surface area contributed by atoms with Crippen LogP contribution >= 0.6 is 0 Å². The van der Waals surface area contributed by atoms with Crippen LogP contribution in [0.2, 0.25) is 0 Å². The average molecular weight is 400 g/mol. The Bertz CT molecular complexity index is 1160. The van der Waals surface area contributed by atoms with E-state index in [1.807, 2.05) is 24.3 Å². The summed E-state index contributed by atoms with van der Waals surface area (Å²) in [5.74, 6) is 0.344. The Morgan fingerprint density at radius 3 is 2.90 bits per heavy atom. The van der Waals surface area contributed by atoms with Gasteiger partial charge in [-0.3, -0.25) is 10.3 Å². The molecule has 152 valence electrons. The summed E-state index contributed by atoms with van der Waals surface area (Å²) in [7, 11) is 0. The quantitative estimate of drug-likeness (QED) is 0.561. The van der Waals surface area contributed by atoms with Crippen LogP contribution in [0.4, 0.5) is 10.7 Å². The highest BCUT2D eigenvalue weighted by molar-refractivity contribution is 5.97. The van der Waals surface area contributed by atoms with Crippen molar-refractivity contribution in [2.24, 2.45) is 0 Å². The van der Waals surface area contributed by atoms with E-state index in [1.165, 1.54) is 5.57 Å². The molecule has 6 heteroatoms. The molecule has 0 fully saturated rings. The van der Waals surface area contributed by atoms with E-state index in [2.05, 4.69) is 57.6 Å². The van der Waals surface area contributed by atoms with Gasteiger partial charge >= 0.3 is 6.09 Å². The van der Waals surface area contributed by atoms with Gasteiger partial charge in [0.2, 0.25) is 5.95 Å². The van der Waals surface area contributed by atoms with Crippen molar-refractivity contribution in [3.63, 3.8) is 0 Å². The van der Waals surface area contributed by atoms with Crippen molar-refractivity contribution in [2.45, 2.75) is 26.7 Å². The van der Waals surface area contributed by atoms with Crippen LogP contribution in [-0.2, 0) is 4.74 Å². The van der Waals surface area contributed by atoms with E-state index in [1.54, 1.807) is 13.1 Å². The predicted octanol–water partition coefficient (Wildman–Crippen LogP) is 5.87. The van der Waals surface area contributed by atoms with Crippen molar-refractivity contribution in [2.75, 3.05) is 11.9 Å². The zero-order valence-corrected chi connectivity index (χ0v) is 17.1. The Morgan fingerprint density at radius 1 is 1.23 bits per heavy atom. The summed E-state index contributed by atoms with van der Waals surface area (Å²) in [6.07, 6.45) is 11.9. The number of H-pyrrole nitrogens is 1. The average Bonchev–Trinajstić information content (AvgIpc) is 3.00. The summed E-state index contributed by atoms with van der Waals surface area (Å²) < 4.78 is 4.96. The number of hydrogen-bond donors (Lipinski definition) is 2. The fourth-order valence-corrected chi connectivity index (χ4v) is 3.45. The number of pyridine rings is 1. The van der Waals surface area contributed by atoms with E-state index in [0.717, 1.165) is 46.3 Å². The van der Waals surface area contributed by atoms with Gasteiger partial charge in [-0.05, 0) is 55.2 Å². The summed E-state index contributed by atoms with van der Waals surface area (Å²) in [5, 5.41) is 2.65. The maximum atomic E-state index is 11.8. The van der Waals surface area contributed by atoms with Gasteiger partial charge in [-0.2, -0.15) is 0 Å². The van der Waals surface area contributed by atoms with Crippen LogP contribution in [0.1, 0.15) is 32.3 Å². The third-order valence-corrected chi connectivity index (χ3v) is 4.99. The van der Waals surface area contributed by atoms with Gasteiger partial charge in [-0.15, -0.1) is 0 Å². The molecule has 3 aromatic rings. The molecule has 1 amide bonds. The zero-order chi connectivity index (χ0) is 20.9. The minimum absolute atomic E-state index is 0.295. The van der Waals surface area contributed by atoms with E-state index in [4.69, 9.17) is 4.74 Å². The lowest BCUT2D eigenvalue weighted by Gasteiger charge is -2.07. The second kappa shape index (κ2) is 8.78. The van der Waals surface area contributed by atoms with Crippen molar-refractivity contribution in [1.29, 1.82) is 0 Å². The number of imidazole rings is 1. The molecule has 4 rings (SSSR count). The van der Waals surface area contributed by atoms with Crippen LogP contribution in [0, 0.1) is 0 Å². The first-order valence-corrected chi connectivity index (χ1v) is 10.1. The lowest BCUT2D eigenvalue weighted by atomic mass is 9.99. The molecule has 0 unspecified atom stereocenters. The van der Waals surface area contributed by atoms with Gasteiger partial charge in [0.05, 0.1) is 23.3 Å². The van der Waals surface area contributed by atoms with E-state index in [-0.39, 0.29) is 0 Å². The van der Waals surface area contributed by atoms with Crippen molar-refractivity contribution < 1.29 is 9.53 Å². The van der Waals surface area contributed by atoms with Gasteiger partial charge in [0.25, 0.3) is 0 Å². The Hall–Kier alpha value is -3.67. The van der Waals surface area contributed by atoms with Gasteiger partial charge < -0.3 is 9.72 Å². The number of aromatic amines is 1. The highest BCUT2D eigenvalue weighted by Crippen LogP contribution is 2.32. The van der Waals surface area contributed by atoms with Gasteiger partial charge in [0.15, 0.2) is 0 Å². The molecule has 30 heavy (non-hydrogen) atoms. The van der Waals surface area contributed by atoms with Crippen LogP contribution in [-0.4, -0.2) is 27.7 Å².